The number of aryl methyl sites for hydroxylation is 1. The van der Waals surface area contributed by atoms with Gasteiger partial charge in [0.15, 0.2) is 0 Å². The maximum Gasteiger partial charge on any atom is 0.352 e. The first-order valence-electron chi connectivity index (χ1n) is 5.82. The Morgan fingerprint density at radius 2 is 2.40 bits per heavy atom. The zero-order valence-electron chi connectivity index (χ0n) is 10.5. The van der Waals surface area contributed by atoms with Crippen LogP contribution in [0.5, 0.6) is 0 Å². The molecule has 0 spiro atoms. The van der Waals surface area contributed by atoms with E-state index in [9.17, 15) is 14.7 Å². The van der Waals surface area contributed by atoms with Gasteiger partial charge in [-0.1, -0.05) is 11.8 Å². The van der Waals surface area contributed by atoms with E-state index < -0.39 is 5.97 Å². The Morgan fingerprint density at radius 1 is 1.60 bits per heavy atom. The van der Waals surface area contributed by atoms with Gasteiger partial charge in [0, 0.05) is 18.6 Å². The van der Waals surface area contributed by atoms with E-state index in [1.54, 1.807) is 18.8 Å². The van der Waals surface area contributed by atoms with Crippen LogP contribution < -0.4 is 0 Å². The van der Waals surface area contributed by atoms with E-state index >= 15 is 0 Å². The number of aliphatic carboxylic acids is 1. The molecule has 3 rings (SSSR count). The molecule has 10 heteroatoms. The number of fused-ring (bicyclic) bond motifs is 1. The number of nitrogens with zero attached hydrogens (tertiary/aromatic N) is 5. The Kier molecular flexibility index (Phi) is 3.42. The number of hydrogen-bond donors (Lipinski definition) is 1. The van der Waals surface area contributed by atoms with E-state index in [0.717, 1.165) is 5.57 Å². The molecule has 0 aromatic carbocycles. The highest BCUT2D eigenvalue weighted by molar-refractivity contribution is 8.00. The summed E-state index contributed by atoms with van der Waals surface area (Å²) < 4.78 is 1.53. The lowest BCUT2D eigenvalue weighted by Crippen LogP contribution is -2.54. The molecule has 20 heavy (non-hydrogen) atoms. The van der Waals surface area contributed by atoms with E-state index in [-0.39, 0.29) is 17.0 Å². The average molecular weight is 313 g/mol. The van der Waals surface area contributed by atoms with Gasteiger partial charge in [-0.15, -0.1) is 16.9 Å². The molecular formula is C10H11N5O3S2. The molecule has 8 nitrogen and oxygen atoms in total. The first-order chi connectivity index (χ1) is 9.58. The Balaban J connectivity index is 1.82. The zero-order valence-corrected chi connectivity index (χ0v) is 12.1. The van der Waals surface area contributed by atoms with Crippen LogP contribution in [-0.2, 0) is 16.6 Å². The first-order valence-corrected chi connectivity index (χ1v) is 7.85. The normalized spacial score (nSPS) is 21.8. The Labute approximate surface area is 122 Å². The largest absolute Gasteiger partial charge is 0.477 e. The minimum atomic E-state index is -1.05. The molecule has 0 radical (unpaired) electrons. The Bertz CT molecular complexity index is 614. The summed E-state index contributed by atoms with van der Waals surface area (Å²) in [5.74, 6) is -0.0919. The first kappa shape index (κ1) is 13.4. The van der Waals surface area contributed by atoms with Crippen LogP contribution in [0.2, 0.25) is 0 Å². The summed E-state index contributed by atoms with van der Waals surface area (Å²) in [5, 5.41) is 21.0. The van der Waals surface area contributed by atoms with Crippen molar-refractivity contribution in [3.8, 4) is 0 Å². The second kappa shape index (κ2) is 5.09. The van der Waals surface area contributed by atoms with Crippen molar-refractivity contribution in [2.24, 2.45) is 7.05 Å². The van der Waals surface area contributed by atoms with Crippen LogP contribution in [0.3, 0.4) is 0 Å². The van der Waals surface area contributed by atoms with E-state index in [1.807, 2.05) is 0 Å². The molecule has 1 atom stereocenters. The van der Waals surface area contributed by atoms with Crippen molar-refractivity contribution >= 4 is 35.4 Å². The fraction of sp³-hybridized carbons (Fsp3) is 0.500. The summed E-state index contributed by atoms with van der Waals surface area (Å²) in [6, 6.07) is 0. The molecule has 0 saturated carbocycles. The van der Waals surface area contributed by atoms with Gasteiger partial charge >= 0.3 is 5.97 Å². The van der Waals surface area contributed by atoms with Crippen LogP contribution in [0.25, 0.3) is 0 Å². The van der Waals surface area contributed by atoms with Gasteiger partial charge in [-0.25, -0.2) is 9.48 Å². The fourth-order valence-electron chi connectivity index (χ4n) is 2.08. The maximum absolute atomic E-state index is 11.6. The molecular weight excluding hydrogens is 302 g/mol. The standard InChI is InChI=1S/C10H11N5O3S2/c1-14-10(11-12-13-14)20-4-5-3-19-7-2-6(16)15(7)8(5)9(17)18/h7H,2-4H2,1H3,(H,17,18)/t7-/m0/s1. The predicted molar refractivity (Wildman–Crippen MR) is 71.9 cm³/mol. The van der Waals surface area contributed by atoms with Gasteiger partial charge in [-0.3, -0.25) is 9.69 Å². The highest BCUT2D eigenvalue weighted by atomic mass is 32.2. The lowest BCUT2D eigenvalue weighted by Gasteiger charge is -2.43. The molecule has 0 unspecified atom stereocenters. The third-order valence-corrected chi connectivity index (χ3v) is 5.47. The van der Waals surface area contributed by atoms with Crippen molar-refractivity contribution in [1.82, 2.24) is 25.1 Å². The lowest BCUT2D eigenvalue weighted by molar-refractivity contribution is -0.146. The summed E-state index contributed by atoms with van der Waals surface area (Å²) in [6.45, 7) is 0. The molecule has 106 valence electrons. The molecule has 1 amide bonds. The summed E-state index contributed by atoms with van der Waals surface area (Å²) in [4.78, 5) is 24.4. The number of carbonyl (C=O) groups excluding carboxylic acids is 1. The van der Waals surface area contributed by atoms with E-state index in [0.29, 0.717) is 23.1 Å². The van der Waals surface area contributed by atoms with Gasteiger partial charge in [-0.2, -0.15) is 0 Å². The second-order valence-electron chi connectivity index (χ2n) is 4.36. The number of carboxylic acids is 1. The topological polar surface area (TPSA) is 101 Å². The molecule has 1 N–H and O–H groups in total. The van der Waals surface area contributed by atoms with Gasteiger partial charge in [-0.05, 0) is 16.0 Å². The molecule has 3 heterocycles. The van der Waals surface area contributed by atoms with Gasteiger partial charge in [0.2, 0.25) is 11.1 Å². The van der Waals surface area contributed by atoms with Crippen molar-refractivity contribution in [2.45, 2.75) is 17.0 Å². The van der Waals surface area contributed by atoms with Crippen molar-refractivity contribution in [3.05, 3.63) is 11.3 Å². The summed E-state index contributed by atoms with van der Waals surface area (Å²) in [6.07, 6.45) is 0.426. The van der Waals surface area contributed by atoms with Crippen LogP contribution in [-0.4, -0.2) is 59.0 Å². The quantitative estimate of drug-likeness (QED) is 0.610. The number of tetrazole rings is 1. The van der Waals surface area contributed by atoms with Gasteiger partial charge in [0.25, 0.3) is 0 Å². The highest BCUT2D eigenvalue weighted by Gasteiger charge is 2.45. The molecule has 1 aromatic heterocycles. The van der Waals surface area contributed by atoms with Crippen LogP contribution in [0.4, 0.5) is 0 Å². The average Bonchev–Trinajstić information content (AvgIpc) is 2.80. The molecule has 0 aliphatic carbocycles. The molecule has 1 saturated heterocycles. The van der Waals surface area contributed by atoms with Crippen molar-refractivity contribution in [1.29, 1.82) is 0 Å². The van der Waals surface area contributed by atoms with E-state index in [2.05, 4.69) is 15.5 Å². The van der Waals surface area contributed by atoms with Crippen molar-refractivity contribution in [3.63, 3.8) is 0 Å². The molecule has 2 aliphatic rings. The molecule has 0 bridgehead atoms. The number of carbonyl (C=O) groups is 2. The predicted octanol–water partition coefficient (Wildman–Crippen LogP) is -0.0539. The lowest BCUT2D eigenvalue weighted by atomic mass is 10.1. The molecule has 1 aromatic rings. The number of rotatable bonds is 4. The number of amides is 1. The summed E-state index contributed by atoms with van der Waals surface area (Å²) in [7, 11) is 1.72. The van der Waals surface area contributed by atoms with Crippen molar-refractivity contribution < 1.29 is 14.7 Å². The van der Waals surface area contributed by atoms with Gasteiger partial charge in [0.1, 0.15) is 5.70 Å². The molecule has 2 aliphatic heterocycles. The van der Waals surface area contributed by atoms with E-state index in [1.165, 1.54) is 21.3 Å². The minimum absolute atomic E-state index is 0.0150. The van der Waals surface area contributed by atoms with Crippen LogP contribution in [0.1, 0.15) is 6.42 Å². The Morgan fingerprint density at radius 3 is 3.00 bits per heavy atom. The maximum atomic E-state index is 11.6. The highest BCUT2D eigenvalue weighted by Crippen LogP contribution is 2.40. The van der Waals surface area contributed by atoms with E-state index in [4.69, 9.17) is 0 Å². The number of thioether (sulfide) groups is 2. The van der Waals surface area contributed by atoms with Gasteiger partial charge < -0.3 is 5.11 Å². The Hall–Kier alpha value is -1.55. The third-order valence-electron chi connectivity index (χ3n) is 3.09. The number of β-lactam (4-membered cyclic amide) rings is 1. The van der Waals surface area contributed by atoms with Crippen LogP contribution in [0.15, 0.2) is 16.4 Å². The number of carboxylic acid groups (broad SMARTS) is 1. The minimum Gasteiger partial charge on any atom is -0.477 e. The summed E-state index contributed by atoms with van der Waals surface area (Å²) in [5.41, 5.74) is 0.868. The molecule has 1 fully saturated rings. The smallest absolute Gasteiger partial charge is 0.352 e. The van der Waals surface area contributed by atoms with Crippen molar-refractivity contribution in [2.75, 3.05) is 11.5 Å². The third kappa shape index (κ3) is 2.18. The zero-order chi connectivity index (χ0) is 14.3. The summed E-state index contributed by atoms with van der Waals surface area (Å²) >= 11 is 2.96. The SMILES string of the molecule is Cn1nnnc1SCC1=C(C(=O)O)N2C(=O)C[C@@H]2SC1. The monoisotopic (exact) mass is 313 g/mol. The second-order valence-corrected chi connectivity index (χ2v) is 6.47. The van der Waals surface area contributed by atoms with Crippen LogP contribution >= 0.6 is 23.5 Å². The van der Waals surface area contributed by atoms with Crippen LogP contribution in [0, 0.1) is 0 Å². The number of aromatic nitrogens is 4. The fourth-order valence-corrected chi connectivity index (χ4v) is 4.34. The van der Waals surface area contributed by atoms with Gasteiger partial charge in [0.05, 0.1) is 11.8 Å². The number of hydrogen-bond acceptors (Lipinski definition) is 7.